The van der Waals surface area contributed by atoms with Gasteiger partial charge in [0.2, 0.25) is 10.0 Å². The van der Waals surface area contributed by atoms with Crippen LogP contribution in [-0.4, -0.2) is 50.6 Å². The van der Waals surface area contributed by atoms with Gasteiger partial charge in [-0.25, -0.2) is 12.7 Å². The van der Waals surface area contributed by atoms with Gasteiger partial charge < -0.3 is 15.7 Å². The zero-order valence-electron chi connectivity index (χ0n) is 12.7. The lowest BCUT2D eigenvalue weighted by Gasteiger charge is -2.38. The van der Waals surface area contributed by atoms with Crippen LogP contribution < -0.4 is 10.6 Å². The van der Waals surface area contributed by atoms with E-state index in [0.29, 0.717) is 17.9 Å². The SMILES string of the molecule is CN(C)S(=O)(=O)c1ccc(N)c(N2CCCC(C)(O)C2)c1. The smallest absolute Gasteiger partial charge is 0.242 e. The number of nitrogens with two attached hydrogens (primary N) is 1. The first-order chi connectivity index (χ1) is 9.63. The van der Waals surface area contributed by atoms with Crippen LogP contribution in [0.4, 0.5) is 11.4 Å². The Bertz CT molecular complexity index is 626. The van der Waals surface area contributed by atoms with Gasteiger partial charge in [0.25, 0.3) is 0 Å². The van der Waals surface area contributed by atoms with Gasteiger partial charge in [-0.2, -0.15) is 0 Å². The van der Waals surface area contributed by atoms with Crippen molar-refractivity contribution in [1.29, 1.82) is 0 Å². The van der Waals surface area contributed by atoms with Crippen LogP contribution in [0.5, 0.6) is 0 Å². The molecule has 0 aromatic heterocycles. The molecule has 0 radical (unpaired) electrons. The minimum absolute atomic E-state index is 0.210. The van der Waals surface area contributed by atoms with Crippen molar-refractivity contribution in [3.63, 3.8) is 0 Å². The van der Waals surface area contributed by atoms with Crippen molar-refractivity contribution in [3.8, 4) is 0 Å². The zero-order chi connectivity index (χ0) is 15.8. The number of nitrogens with zero attached hydrogens (tertiary/aromatic N) is 2. The van der Waals surface area contributed by atoms with Crippen molar-refractivity contribution in [3.05, 3.63) is 18.2 Å². The molecule has 1 atom stereocenters. The fourth-order valence-corrected chi connectivity index (χ4v) is 3.52. The molecule has 0 aliphatic carbocycles. The average Bonchev–Trinajstić information content (AvgIpc) is 2.37. The van der Waals surface area contributed by atoms with Crippen LogP contribution in [0.1, 0.15) is 19.8 Å². The first-order valence-electron chi connectivity index (χ1n) is 6.93. The number of anilines is 2. The average molecular weight is 313 g/mol. The van der Waals surface area contributed by atoms with Gasteiger partial charge in [0.05, 0.1) is 21.9 Å². The molecule has 1 saturated heterocycles. The van der Waals surface area contributed by atoms with Crippen LogP contribution in [0.2, 0.25) is 0 Å². The summed E-state index contributed by atoms with van der Waals surface area (Å²) in [5.74, 6) is 0. The topological polar surface area (TPSA) is 86.9 Å². The standard InChI is InChI=1S/C14H23N3O3S/c1-14(18)7-4-8-17(10-14)13-9-11(5-6-12(13)15)21(19,20)16(2)3/h5-6,9,18H,4,7-8,10,15H2,1-3H3. The summed E-state index contributed by atoms with van der Waals surface area (Å²) in [6.45, 7) is 2.99. The Balaban J connectivity index is 2.41. The lowest BCUT2D eigenvalue weighted by Crippen LogP contribution is -2.46. The van der Waals surface area contributed by atoms with E-state index in [2.05, 4.69) is 0 Å². The molecule has 21 heavy (non-hydrogen) atoms. The van der Waals surface area contributed by atoms with Gasteiger partial charge in [0, 0.05) is 27.2 Å². The third kappa shape index (κ3) is 3.30. The third-order valence-electron chi connectivity index (χ3n) is 3.80. The maximum absolute atomic E-state index is 12.2. The fourth-order valence-electron chi connectivity index (χ4n) is 2.59. The first kappa shape index (κ1) is 16.1. The maximum atomic E-state index is 12.2. The van der Waals surface area contributed by atoms with Crippen LogP contribution >= 0.6 is 0 Å². The van der Waals surface area contributed by atoms with E-state index in [1.54, 1.807) is 19.1 Å². The lowest BCUT2D eigenvalue weighted by atomic mass is 9.94. The van der Waals surface area contributed by atoms with Crippen LogP contribution in [0.15, 0.2) is 23.1 Å². The second-order valence-electron chi connectivity index (χ2n) is 6.03. The van der Waals surface area contributed by atoms with Crippen LogP contribution in [0, 0.1) is 0 Å². The number of β-amino-alcohol motifs (C(OH)–C–C–N with tert-alkyl or cyclic N) is 1. The predicted octanol–water partition coefficient (Wildman–Crippen LogP) is 0.870. The Labute approximate surface area is 126 Å². The molecular formula is C14H23N3O3S. The highest BCUT2D eigenvalue weighted by Crippen LogP contribution is 2.32. The molecule has 0 amide bonds. The van der Waals surface area contributed by atoms with E-state index in [4.69, 9.17) is 5.73 Å². The van der Waals surface area contributed by atoms with E-state index in [9.17, 15) is 13.5 Å². The molecule has 118 valence electrons. The van der Waals surface area contributed by atoms with Crippen molar-refractivity contribution in [2.75, 3.05) is 37.8 Å². The van der Waals surface area contributed by atoms with Crippen LogP contribution in [-0.2, 0) is 10.0 Å². The molecule has 0 saturated carbocycles. The minimum atomic E-state index is -3.49. The molecule has 7 heteroatoms. The molecular weight excluding hydrogens is 290 g/mol. The van der Waals surface area contributed by atoms with Crippen LogP contribution in [0.3, 0.4) is 0 Å². The number of sulfonamides is 1. The number of piperidine rings is 1. The molecule has 0 spiro atoms. The number of aliphatic hydroxyl groups is 1. The summed E-state index contributed by atoms with van der Waals surface area (Å²) < 4.78 is 25.6. The summed E-state index contributed by atoms with van der Waals surface area (Å²) in [5.41, 5.74) is 6.40. The molecule has 1 aliphatic rings. The van der Waals surface area contributed by atoms with E-state index in [-0.39, 0.29) is 4.90 Å². The molecule has 1 aromatic carbocycles. The van der Waals surface area contributed by atoms with E-state index in [0.717, 1.165) is 19.4 Å². The van der Waals surface area contributed by atoms with E-state index >= 15 is 0 Å². The zero-order valence-corrected chi connectivity index (χ0v) is 13.5. The van der Waals surface area contributed by atoms with Crippen molar-refractivity contribution in [1.82, 2.24) is 4.31 Å². The van der Waals surface area contributed by atoms with Crippen molar-refractivity contribution in [2.45, 2.75) is 30.3 Å². The molecule has 1 aliphatic heterocycles. The highest BCUT2D eigenvalue weighted by Gasteiger charge is 2.30. The molecule has 1 unspecified atom stereocenters. The van der Waals surface area contributed by atoms with Gasteiger partial charge in [0.1, 0.15) is 0 Å². The van der Waals surface area contributed by atoms with E-state index in [1.807, 2.05) is 4.90 Å². The number of benzene rings is 1. The third-order valence-corrected chi connectivity index (χ3v) is 5.61. The molecule has 1 fully saturated rings. The quantitative estimate of drug-likeness (QED) is 0.809. The summed E-state index contributed by atoms with van der Waals surface area (Å²) in [5, 5.41) is 10.2. The normalized spacial score (nSPS) is 23.6. The minimum Gasteiger partial charge on any atom is -0.397 e. The van der Waals surface area contributed by atoms with Gasteiger partial charge in [-0.3, -0.25) is 0 Å². The second-order valence-corrected chi connectivity index (χ2v) is 8.18. The Morgan fingerprint density at radius 2 is 2.05 bits per heavy atom. The highest BCUT2D eigenvalue weighted by molar-refractivity contribution is 7.89. The molecule has 6 nitrogen and oxygen atoms in total. The molecule has 1 heterocycles. The van der Waals surface area contributed by atoms with Gasteiger partial charge in [-0.1, -0.05) is 0 Å². The summed E-state index contributed by atoms with van der Waals surface area (Å²) in [6.07, 6.45) is 1.58. The van der Waals surface area contributed by atoms with Gasteiger partial charge >= 0.3 is 0 Å². The summed E-state index contributed by atoms with van der Waals surface area (Å²) in [6, 6.07) is 4.71. The van der Waals surface area contributed by atoms with Gasteiger partial charge in [-0.15, -0.1) is 0 Å². The van der Waals surface area contributed by atoms with Crippen LogP contribution in [0.25, 0.3) is 0 Å². The second kappa shape index (κ2) is 5.47. The van der Waals surface area contributed by atoms with Gasteiger partial charge in [0.15, 0.2) is 0 Å². The number of hydrogen-bond acceptors (Lipinski definition) is 5. The predicted molar refractivity (Wildman–Crippen MR) is 83.8 cm³/mol. The fraction of sp³-hybridized carbons (Fsp3) is 0.571. The Kier molecular flexibility index (Phi) is 4.19. The van der Waals surface area contributed by atoms with Crippen molar-refractivity contribution >= 4 is 21.4 Å². The largest absolute Gasteiger partial charge is 0.397 e. The van der Waals surface area contributed by atoms with E-state index in [1.165, 1.54) is 24.5 Å². The maximum Gasteiger partial charge on any atom is 0.242 e. The Morgan fingerprint density at radius 1 is 1.38 bits per heavy atom. The summed E-state index contributed by atoms with van der Waals surface area (Å²) in [4.78, 5) is 2.16. The molecule has 2 rings (SSSR count). The number of hydrogen-bond donors (Lipinski definition) is 2. The Morgan fingerprint density at radius 3 is 2.62 bits per heavy atom. The van der Waals surface area contributed by atoms with E-state index < -0.39 is 15.6 Å². The summed E-state index contributed by atoms with van der Waals surface area (Å²) in [7, 11) is -0.501. The molecule has 1 aromatic rings. The monoisotopic (exact) mass is 313 g/mol. The number of nitrogen functional groups attached to an aromatic ring is 1. The Hall–Kier alpha value is -1.31. The van der Waals surface area contributed by atoms with Crippen molar-refractivity contribution < 1.29 is 13.5 Å². The molecule has 0 bridgehead atoms. The van der Waals surface area contributed by atoms with Gasteiger partial charge in [-0.05, 0) is 38.0 Å². The summed E-state index contributed by atoms with van der Waals surface area (Å²) >= 11 is 0. The highest BCUT2D eigenvalue weighted by atomic mass is 32.2. The number of rotatable bonds is 3. The molecule has 3 N–H and O–H groups in total. The van der Waals surface area contributed by atoms with Crippen molar-refractivity contribution in [2.24, 2.45) is 0 Å². The lowest BCUT2D eigenvalue weighted by molar-refractivity contribution is 0.0449. The first-order valence-corrected chi connectivity index (χ1v) is 8.37.